The van der Waals surface area contributed by atoms with E-state index in [0.717, 1.165) is 17.7 Å². The Kier molecular flexibility index (Phi) is 5.79. The standard InChI is InChI=1S/C25H23N3O5S/c1-3-8-27-19-10-17(5-7-21(19)32-11-23(27)29)25(31)15(2)28-20-9-16(18-13-34-14-26-18)4-6-22(20)33-12-24(28)30/h4-7,9-10,13-15H,3,8,11-12H2,1-2H3. The van der Waals surface area contributed by atoms with Crippen molar-refractivity contribution in [1.82, 2.24) is 4.98 Å². The van der Waals surface area contributed by atoms with Gasteiger partial charge in [-0.3, -0.25) is 19.3 Å². The lowest BCUT2D eigenvalue weighted by Crippen LogP contribution is -2.48. The van der Waals surface area contributed by atoms with Crippen molar-refractivity contribution in [3.05, 3.63) is 52.9 Å². The van der Waals surface area contributed by atoms with Gasteiger partial charge in [0.1, 0.15) is 11.5 Å². The number of aromatic nitrogens is 1. The number of nitrogens with zero attached hydrogens (tertiary/aromatic N) is 3. The van der Waals surface area contributed by atoms with Crippen LogP contribution >= 0.6 is 11.3 Å². The summed E-state index contributed by atoms with van der Waals surface area (Å²) in [7, 11) is 0. The highest BCUT2D eigenvalue weighted by Gasteiger charge is 2.35. The van der Waals surface area contributed by atoms with Crippen LogP contribution in [0.25, 0.3) is 11.3 Å². The molecule has 1 aromatic heterocycles. The van der Waals surface area contributed by atoms with Crippen molar-refractivity contribution in [2.75, 3.05) is 29.6 Å². The molecular weight excluding hydrogens is 454 g/mol. The van der Waals surface area contributed by atoms with Crippen LogP contribution < -0.4 is 19.3 Å². The van der Waals surface area contributed by atoms with E-state index in [1.165, 1.54) is 16.2 Å². The third kappa shape index (κ3) is 3.81. The maximum atomic E-state index is 13.6. The van der Waals surface area contributed by atoms with E-state index < -0.39 is 6.04 Å². The Labute approximate surface area is 200 Å². The van der Waals surface area contributed by atoms with Gasteiger partial charge in [-0.1, -0.05) is 6.92 Å². The Balaban J connectivity index is 1.49. The second kappa shape index (κ2) is 8.90. The molecule has 3 heterocycles. The van der Waals surface area contributed by atoms with Gasteiger partial charge in [-0.25, -0.2) is 4.98 Å². The first-order valence-electron chi connectivity index (χ1n) is 11.1. The van der Waals surface area contributed by atoms with E-state index >= 15 is 0 Å². The number of anilines is 2. The van der Waals surface area contributed by atoms with Crippen LogP contribution in [0.1, 0.15) is 30.6 Å². The first-order valence-corrected chi connectivity index (χ1v) is 12.0. The summed E-state index contributed by atoms with van der Waals surface area (Å²) in [6, 6.07) is 9.79. The molecule has 174 valence electrons. The molecule has 2 aromatic carbocycles. The van der Waals surface area contributed by atoms with Crippen molar-refractivity contribution in [3.8, 4) is 22.8 Å². The number of carbonyl (C=O) groups is 3. The van der Waals surface area contributed by atoms with Gasteiger partial charge in [0.2, 0.25) is 0 Å². The molecule has 0 bridgehead atoms. The van der Waals surface area contributed by atoms with Crippen LogP contribution in [-0.2, 0) is 9.59 Å². The fraction of sp³-hybridized carbons (Fsp3) is 0.280. The summed E-state index contributed by atoms with van der Waals surface area (Å²) in [4.78, 5) is 46.3. The quantitative estimate of drug-likeness (QED) is 0.500. The molecule has 3 aromatic rings. The molecule has 1 atom stereocenters. The Morgan fingerprint density at radius 2 is 1.79 bits per heavy atom. The number of hydrogen-bond acceptors (Lipinski definition) is 7. The highest BCUT2D eigenvalue weighted by atomic mass is 32.1. The number of amides is 2. The molecule has 0 radical (unpaired) electrons. The SMILES string of the molecule is CCCN1C(=O)COc2ccc(C(=O)C(C)N3C(=O)COc4ccc(-c5cscn5)cc43)cc21. The number of carbonyl (C=O) groups excluding carboxylic acids is 3. The summed E-state index contributed by atoms with van der Waals surface area (Å²) in [6.45, 7) is 4.07. The number of thiazole rings is 1. The molecule has 0 N–H and O–H groups in total. The van der Waals surface area contributed by atoms with Gasteiger partial charge in [-0.15, -0.1) is 11.3 Å². The number of ether oxygens (including phenoxy) is 2. The number of fused-ring (bicyclic) bond motifs is 2. The lowest BCUT2D eigenvalue weighted by molar-refractivity contribution is -0.122. The van der Waals surface area contributed by atoms with Crippen LogP contribution in [0, 0.1) is 0 Å². The van der Waals surface area contributed by atoms with Crippen LogP contribution in [-0.4, -0.2) is 48.4 Å². The van der Waals surface area contributed by atoms with Crippen LogP contribution in [0.15, 0.2) is 47.3 Å². The minimum absolute atomic E-state index is 0.0168. The van der Waals surface area contributed by atoms with E-state index in [1.807, 2.05) is 24.4 Å². The van der Waals surface area contributed by atoms with E-state index in [1.54, 1.807) is 41.6 Å². The molecule has 0 aliphatic carbocycles. The predicted octanol–water partition coefficient (Wildman–Crippen LogP) is 3.94. The maximum Gasteiger partial charge on any atom is 0.265 e. The smallest absolute Gasteiger partial charge is 0.265 e. The van der Waals surface area contributed by atoms with Gasteiger partial charge in [0.25, 0.3) is 11.8 Å². The minimum Gasteiger partial charge on any atom is -0.482 e. The Morgan fingerprint density at radius 3 is 2.53 bits per heavy atom. The molecule has 0 saturated heterocycles. The molecule has 0 saturated carbocycles. The summed E-state index contributed by atoms with van der Waals surface area (Å²) in [6.07, 6.45) is 0.778. The van der Waals surface area contributed by atoms with Gasteiger partial charge in [-0.05, 0) is 49.7 Å². The number of ketones is 1. The number of rotatable bonds is 6. The summed E-state index contributed by atoms with van der Waals surface area (Å²) >= 11 is 1.48. The zero-order valence-electron chi connectivity index (χ0n) is 18.8. The molecule has 2 aliphatic rings. The van der Waals surface area contributed by atoms with Crippen molar-refractivity contribution in [2.24, 2.45) is 0 Å². The second-order valence-electron chi connectivity index (χ2n) is 8.17. The van der Waals surface area contributed by atoms with Gasteiger partial charge in [-0.2, -0.15) is 0 Å². The van der Waals surface area contributed by atoms with Crippen molar-refractivity contribution >= 4 is 40.3 Å². The van der Waals surface area contributed by atoms with E-state index in [4.69, 9.17) is 9.47 Å². The predicted molar refractivity (Wildman–Crippen MR) is 129 cm³/mol. The Morgan fingerprint density at radius 1 is 1.06 bits per heavy atom. The van der Waals surface area contributed by atoms with Gasteiger partial charge in [0.15, 0.2) is 19.0 Å². The van der Waals surface area contributed by atoms with Crippen LogP contribution in [0.2, 0.25) is 0 Å². The lowest BCUT2D eigenvalue weighted by atomic mass is 10.0. The zero-order chi connectivity index (χ0) is 23.8. The van der Waals surface area contributed by atoms with Crippen molar-refractivity contribution in [2.45, 2.75) is 26.3 Å². The monoisotopic (exact) mass is 477 g/mol. The van der Waals surface area contributed by atoms with Gasteiger partial charge in [0, 0.05) is 23.1 Å². The van der Waals surface area contributed by atoms with Gasteiger partial charge in [0.05, 0.1) is 28.6 Å². The highest BCUT2D eigenvalue weighted by molar-refractivity contribution is 7.07. The van der Waals surface area contributed by atoms with E-state index in [9.17, 15) is 14.4 Å². The Hall–Kier alpha value is -3.72. The molecule has 5 rings (SSSR count). The third-order valence-electron chi connectivity index (χ3n) is 5.97. The molecule has 2 amide bonds. The fourth-order valence-corrected chi connectivity index (χ4v) is 4.85. The molecular formula is C25H23N3O5S. The lowest BCUT2D eigenvalue weighted by Gasteiger charge is -2.34. The van der Waals surface area contributed by atoms with E-state index in [0.29, 0.717) is 35.0 Å². The van der Waals surface area contributed by atoms with Gasteiger partial charge < -0.3 is 14.4 Å². The zero-order valence-corrected chi connectivity index (χ0v) is 19.6. The number of hydrogen-bond donors (Lipinski definition) is 0. The first kappa shape index (κ1) is 22.1. The maximum absolute atomic E-state index is 13.6. The average Bonchev–Trinajstić information content (AvgIpc) is 3.39. The average molecular weight is 478 g/mol. The Bertz CT molecular complexity index is 1270. The van der Waals surface area contributed by atoms with E-state index in [-0.39, 0.29) is 30.8 Å². The van der Waals surface area contributed by atoms with Crippen LogP contribution in [0.3, 0.4) is 0 Å². The highest BCUT2D eigenvalue weighted by Crippen LogP contribution is 2.38. The summed E-state index contributed by atoms with van der Waals surface area (Å²) < 4.78 is 11.2. The van der Waals surface area contributed by atoms with Crippen LogP contribution in [0.4, 0.5) is 11.4 Å². The summed E-state index contributed by atoms with van der Waals surface area (Å²) in [5, 5.41) is 1.92. The largest absolute Gasteiger partial charge is 0.482 e. The third-order valence-corrected chi connectivity index (χ3v) is 6.55. The van der Waals surface area contributed by atoms with Crippen LogP contribution in [0.5, 0.6) is 11.5 Å². The topological polar surface area (TPSA) is 89.0 Å². The fourth-order valence-electron chi connectivity index (χ4n) is 4.29. The minimum atomic E-state index is -0.779. The van der Waals surface area contributed by atoms with Crippen molar-refractivity contribution in [3.63, 3.8) is 0 Å². The van der Waals surface area contributed by atoms with E-state index in [2.05, 4.69) is 4.98 Å². The molecule has 9 heteroatoms. The summed E-state index contributed by atoms with van der Waals surface area (Å²) in [5.74, 6) is 0.430. The second-order valence-corrected chi connectivity index (χ2v) is 8.88. The summed E-state index contributed by atoms with van der Waals surface area (Å²) in [5.41, 5.74) is 4.89. The normalized spacial score (nSPS) is 15.8. The number of benzene rings is 2. The molecule has 0 fully saturated rings. The molecule has 34 heavy (non-hydrogen) atoms. The van der Waals surface area contributed by atoms with Gasteiger partial charge >= 0.3 is 0 Å². The molecule has 2 aliphatic heterocycles. The van der Waals surface area contributed by atoms with Crippen molar-refractivity contribution in [1.29, 1.82) is 0 Å². The molecule has 1 unspecified atom stereocenters. The molecule has 0 spiro atoms. The molecule has 8 nitrogen and oxygen atoms in total. The number of Topliss-reactive ketones (excluding diaryl/α,β-unsaturated/α-hetero) is 1. The first-order chi connectivity index (χ1) is 16.5. The van der Waals surface area contributed by atoms with Crippen molar-refractivity contribution < 1.29 is 23.9 Å².